The SMILES string of the molecule is C=CCCCC=CCC(=C)C. The van der Waals surface area contributed by atoms with Crippen LogP contribution in [0.1, 0.15) is 32.6 Å². The van der Waals surface area contributed by atoms with Crippen LogP contribution in [-0.4, -0.2) is 0 Å². The molecule has 0 aromatic carbocycles. The van der Waals surface area contributed by atoms with Crippen molar-refractivity contribution in [3.05, 3.63) is 37.0 Å². The molecule has 0 N–H and O–H groups in total. The lowest BCUT2D eigenvalue weighted by Gasteiger charge is -1.90. The molecule has 0 fully saturated rings. The summed E-state index contributed by atoms with van der Waals surface area (Å²) >= 11 is 0. The van der Waals surface area contributed by atoms with Crippen LogP contribution in [0.4, 0.5) is 0 Å². The lowest BCUT2D eigenvalue weighted by molar-refractivity contribution is 0.867. The highest BCUT2D eigenvalue weighted by Gasteiger charge is 1.80. The maximum atomic E-state index is 3.82. The Morgan fingerprint density at radius 2 is 2.00 bits per heavy atom. The van der Waals surface area contributed by atoms with Crippen LogP contribution in [0.2, 0.25) is 0 Å². The van der Waals surface area contributed by atoms with Crippen LogP contribution in [0.25, 0.3) is 0 Å². The van der Waals surface area contributed by atoms with Crippen LogP contribution in [-0.2, 0) is 0 Å². The second kappa shape index (κ2) is 7.33. The zero-order valence-corrected chi connectivity index (χ0v) is 7.47. The van der Waals surface area contributed by atoms with Crippen molar-refractivity contribution in [1.82, 2.24) is 0 Å². The summed E-state index contributed by atoms with van der Waals surface area (Å²) in [6, 6.07) is 0. The fourth-order valence-corrected chi connectivity index (χ4v) is 0.782. The molecule has 0 aromatic heterocycles. The summed E-state index contributed by atoms with van der Waals surface area (Å²) in [6.07, 6.45) is 10.9. The van der Waals surface area contributed by atoms with Gasteiger partial charge < -0.3 is 0 Å². The molecule has 11 heavy (non-hydrogen) atoms. The summed E-state index contributed by atoms with van der Waals surface area (Å²) in [4.78, 5) is 0. The van der Waals surface area contributed by atoms with Crippen LogP contribution < -0.4 is 0 Å². The summed E-state index contributed by atoms with van der Waals surface area (Å²) in [5.74, 6) is 0. The largest absolute Gasteiger partial charge is 0.103 e. The molecule has 0 aliphatic carbocycles. The molecule has 0 unspecified atom stereocenters. The minimum Gasteiger partial charge on any atom is -0.103 e. The third kappa shape index (κ3) is 9.22. The molecular formula is C11H18. The van der Waals surface area contributed by atoms with E-state index >= 15 is 0 Å². The highest BCUT2D eigenvalue weighted by Crippen LogP contribution is 2.00. The molecule has 0 radical (unpaired) electrons. The molecule has 62 valence electrons. The summed E-state index contributed by atoms with van der Waals surface area (Å²) < 4.78 is 0. The van der Waals surface area contributed by atoms with Crippen molar-refractivity contribution in [3.63, 3.8) is 0 Å². The molecule has 0 aromatic rings. The van der Waals surface area contributed by atoms with E-state index in [1.54, 1.807) is 0 Å². The van der Waals surface area contributed by atoms with E-state index in [9.17, 15) is 0 Å². The number of hydrogen-bond acceptors (Lipinski definition) is 0. The van der Waals surface area contributed by atoms with Crippen LogP contribution in [0, 0.1) is 0 Å². The van der Waals surface area contributed by atoms with Crippen LogP contribution in [0.3, 0.4) is 0 Å². The molecule has 0 saturated heterocycles. The standard InChI is InChI=1S/C11H18/c1-4-5-6-7-8-9-10-11(2)3/h4,8-9H,1-2,5-7,10H2,3H3. The quantitative estimate of drug-likeness (QED) is 0.398. The van der Waals surface area contributed by atoms with E-state index in [4.69, 9.17) is 0 Å². The minimum atomic E-state index is 1.02. The number of unbranched alkanes of at least 4 members (excludes halogenated alkanes) is 2. The summed E-state index contributed by atoms with van der Waals surface area (Å²) in [7, 11) is 0. The van der Waals surface area contributed by atoms with E-state index in [-0.39, 0.29) is 0 Å². The first-order valence-electron chi connectivity index (χ1n) is 4.17. The highest BCUT2D eigenvalue weighted by atomic mass is 13.9. The van der Waals surface area contributed by atoms with Crippen molar-refractivity contribution in [2.75, 3.05) is 0 Å². The number of allylic oxidation sites excluding steroid dienone is 4. The van der Waals surface area contributed by atoms with Gasteiger partial charge in [0.05, 0.1) is 0 Å². The molecule has 0 aliphatic rings. The fourth-order valence-electron chi connectivity index (χ4n) is 0.782. The Morgan fingerprint density at radius 3 is 2.55 bits per heavy atom. The molecule has 0 saturated carbocycles. The van der Waals surface area contributed by atoms with Crippen molar-refractivity contribution in [2.24, 2.45) is 0 Å². The molecule has 0 heteroatoms. The Kier molecular flexibility index (Phi) is 6.81. The Morgan fingerprint density at radius 1 is 1.27 bits per heavy atom. The highest BCUT2D eigenvalue weighted by molar-refractivity contribution is 4.98. The molecule has 0 atom stereocenters. The van der Waals surface area contributed by atoms with Crippen LogP contribution in [0.5, 0.6) is 0 Å². The zero-order valence-electron chi connectivity index (χ0n) is 7.47. The molecule has 0 heterocycles. The Labute approximate surface area is 70.3 Å². The van der Waals surface area contributed by atoms with E-state index in [2.05, 4.69) is 25.3 Å². The van der Waals surface area contributed by atoms with Gasteiger partial charge in [0.25, 0.3) is 0 Å². The van der Waals surface area contributed by atoms with Gasteiger partial charge in [-0.3, -0.25) is 0 Å². The van der Waals surface area contributed by atoms with Crippen molar-refractivity contribution in [2.45, 2.75) is 32.6 Å². The molecule has 0 aliphatic heterocycles. The Balaban J connectivity index is 3.16. The summed E-state index contributed by atoms with van der Waals surface area (Å²) in [5.41, 5.74) is 1.23. The maximum absolute atomic E-state index is 3.82. The lowest BCUT2D eigenvalue weighted by Crippen LogP contribution is -1.70. The van der Waals surface area contributed by atoms with Crippen molar-refractivity contribution in [1.29, 1.82) is 0 Å². The number of hydrogen-bond donors (Lipinski definition) is 0. The van der Waals surface area contributed by atoms with Gasteiger partial charge in [0.15, 0.2) is 0 Å². The third-order valence-corrected chi connectivity index (χ3v) is 1.41. The summed E-state index contributed by atoms with van der Waals surface area (Å²) in [5, 5.41) is 0. The van der Waals surface area contributed by atoms with Gasteiger partial charge in [0, 0.05) is 0 Å². The van der Waals surface area contributed by atoms with Gasteiger partial charge in [-0.25, -0.2) is 0 Å². The molecule has 0 amide bonds. The van der Waals surface area contributed by atoms with E-state index in [0.29, 0.717) is 0 Å². The van der Waals surface area contributed by atoms with E-state index < -0.39 is 0 Å². The van der Waals surface area contributed by atoms with Crippen LogP contribution >= 0.6 is 0 Å². The Hall–Kier alpha value is -0.780. The van der Waals surface area contributed by atoms with Gasteiger partial charge in [0.2, 0.25) is 0 Å². The van der Waals surface area contributed by atoms with Gasteiger partial charge in [0.1, 0.15) is 0 Å². The van der Waals surface area contributed by atoms with Gasteiger partial charge >= 0.3 is 0 Å². The topological polar surface area (TPSA) is 0 Å². The van der Waals surface area contributed by atoms with E-state index in [1.165, 1.54) is 18.4 Å². The molecular weight excluding hydrogens is 132 g/mol. The molecule has 0 rings (SSSR count). The average molecular weight is 150 g/mol. The smallest absolute Gasteiger partial charge is 0.0144 e. The second-order valence-electron chi connectivity index (χ2n) is 2.85. The minimum absolute atomic E-state index is 1.02. The third-order valence-electron chi connectivity index (χ3n) is 1.41. The normalized spacial score (nSPS) is 10.3. The average Bonchev–Trinajstić information content (AvgIpc) is 1.96. The van der Waals surface area contributed by atoms with Gasteiger partial charge in [-0.2, -0.15) is 0 Å². The molecule has 0 nitrogen and oxygen atoms in total. The first-order valence-corrected chi connectivity index (χ1v) is 4.17. The second-order valence-corrected chi connectivity index (χ2v) is 2.85. The zero-order chi connectivity index (χ0) is 8.53. The Bertz CT molecular complexity index is 140. The van der Waals surface area contributed by atoms with Crippen molar-refractivity contribution < 1.29 is 0 Å². The molecule has 0 spiro atoms. The number of rotatable bonds is 6. The molecule has 0 bridgehead atoms. The van der Waals surface area contributed by atoms with Gasteiger partial charge in [-0.05, 0) is 32.6 Å². The monoisotopic (exact) mass is 150 g/mol. The van der Waals surface area contributed by atoms with E-state index in [1.807, 2.05) is 13.0 Å². The van der Waals surface area contributed by atoms with Gasteiger partial charge in [-0.1, -0.05) is 30.4 Å². The summed E-state index contributed by atoms with van der Waals surface area (Å²) in [6.45, 7) is 9.54. The van der Waals surface area contributed by atoms with E-state index in [0.717, 1.165) is 12.8 Å². The van der Waals surface area contributed by atoms with Crippen molar-refractivity contribution in [3.8, 4) is 0 Å². The van der Waals surface area contributed by atoms with Gasteiger partial charge in [-0.15, -0.1) is 6.58 Å². The van der Waals surface area contributed by atoms with Crippen LogP contribution in [0.15, 0.2) is 37.0 Å². The first kappa shape index (κ1) is 10.2. The fraction of sp³-hybridized carbons (Fsp3) is 0.455. The predicted molar refractivity (Wildman–Crippen MR) is 52.6 cm³/mol. The predicted octanol–water partition coefficient (Wildman–Crippen LogP) is 3.87. The van der Waals surface area contributed by atoms with Crippen molar-refractivity contribution >= 4 is 0 Å². The first-order chi connectivity index (χ1) is 5.27. The maximum Gasteiger partial charge on any atom is -0.0144 e. The lowest BCUT2D eigenvalue weighted by atomic mass is 10.2.